The first-order valence-electron chi connectivity index (χ1n) is 5.04. The lowest BCUT2D eigenvalue weighted by Crippen LogP contribution is -1.79. The summed E-state index contributed by atoms with van der Waals surface area (Å²) >= 11 is 0. The number of fused-ring (bicyclic) bond motifs is 1. The van der Waals surface area contributed by atoms with E-state index in [1.807, 2.05) is 49.5 Å². The zero-order valence-corrected chi connectivity index (χ0v) is 8.72. The van der Waals surface area contributed by atoms with E-state index in [-0.39, 0.29) is 0 Å². The molecule has 0 N–H and O–H groups in total. The normalized spacial score (nSPS) is 11.8. The van der Waals surface area contributed by atoms with Gasteiger partial charge < -0.3 is 0 Å². The molecule has 0 saturated carbocycles. The average Bonchev–Trinajstić information content (AvgIpc) is 2.29. The second-order valence-electron chi connectivity index (χ2n) is 3.35. The van der Waals surface area contributed by atoms with Gasteiger partial charge in [-0.1, -0.05) is 42.5 Å². The van der Waals surface area contributed by atoms with Crippen LogP contribution >= 0.6 is 0 Å². The summed E-state index contributed by atoms with van der Waals surface area (Å²) in [6.45, 7) is 2.00. The van der Waals surface area contributed by atoms with Crippen molar-refractivity contribution in [3.63, 3.8) is 0 Å². The van der Waals surface area contributed by atoms with Crippen LogP contribution in [0, 0.1) is 0 Å². The van der Waals surface area contributed by atoms with E-state index in [1.54, 1.807) is 0 Å². The average molecular weight is 195 g/mol. The van der Waals surface area contributed by atoms with E-state index in [0.717, 1.165) is 11.1 Å². The minimum atomic E-state index is 1.04. The van der Waals surface area contributed by atoms with Crippen LogP contribution in [-0.2, 0) is 0 Å². The van der Waals surface area contributed by atoms with Crippen LogP contribution in [0.25, 0.3) is 17.0 Å². The number of allylic oxidation sites excluding steroid dienone is 3. The number of para-hydroxylation sites is 1. The van der Waals surface area contributed by atoms with E-state index in [1.165, 1.54) is 5.39 Å². The summed E-state index contributed by atoms with van der Waals surface area (Å²) in [4.78, 5) is 4.38. The van der Waals surface area contributed by atoms with Gasteiger partial charge in [0.2, 0.25) is 0 Å². The Morgan fingerprint density at radius 2 is 2.00 bits per heavy atom. The molecule has 0 aliphatic heterocycles. The Morgan fingerprint density at radius 1 is 1.13 bits per heavy atom. The van der Waals surface area contributed by atoms with Crippen LogP contribution in [-0.4, -0.2) is 4.98 Å². The summed E-state index contributed by atoms with van der Waals surface area (Å²) in [6, 6.07) is 10.3. The largest absolute Gasteiger partial charge is 0.256 e. The van der Waals surface area contributed by atoms with Gasteiger partial charge in [0.15, 0.2) is 0 Å². The maximum absolute atomic E-state index is 4.38. The highest BCUT2D eigenvalue weighted by Gasteiger charge is 1.93. The smallest absolute Gasteiger partial charge is 0.0702 e. The van der Waals surface area contributed by atoms with Crippen molar-refractivity contribution in [3.05, 3.63) is 60.3 Å². The third kappa shape index (κ3) is 2.32. The molecule has 0 atom stereocenters. The van der Waals surface area contributed by atoms with Gasteiger partial charge in [-0.2, -0.15) is 0 Å². The van der Waals surface area contributed by atoms with Crippen molar-refractivity contribution in [1.29, 1.82) is 0 Å². The standard InChI is InChI=1S/C14H13N/c1-2-3-4-7-12-10-13-8-5-6-9-14(13)15-11-12/h2-11H,1H3. The first kappa shape index (κ1) is 9.66. The Labute approximate surface area is 89.8 Å². The van der Waals surface area contributed by atoms with Gasteiger partial charge in [-0.15, -0.1) is 0 Å². The van der Waals surface area contributed by atoms with Crippen LogP contribution in [0.3, 0.4) is 0 Å². The highest BCUT2D eigenvalue weighted by molar-refractivity contribution is 5.80. The van der Waals surface area contributed by atoms with Crippen molar-refractivity contribution < 1.29 is 0 Å². The summed E-state index contributed by atoms with van der Waals surface area (Å²) in [7, 11) is 0. The molecule has 0 fully saturated rings. The molecule has 0 aliphatic carbocycles. The number of benzene rings is 1. The van der Waals surface area contributed by atoms with Crippen LogP contribution in [0.2, 0.25) is 0 Å². The molecule has 2 aromatic rings. The lowest BCUT2D eigenvalue weighted by atomic mass is 10.1. The van der Waals surface area contributed by atoms with Crippen molar-refractivity contribution in [2.75, 3.05) is 0 Å². The molecular weight excluding hydrogens is 182 g/mol. The fourth-order valence-corrected chi connectivity index (χ4v) is 1.46. The summed E-state index contributed by atoms with van der Waals surface area (Å²) in [5.74, 6) is 0. The molecule has 0 aliphatic rings. The molecule has 0 bridgehead atoms. The molecule has 0 saturated heterocycles. The van der Waals surface area contributed by atoms with Gasteiger partial charge in [0.1, 0.15) is 0 Å². The first-order valence-corrected chi connectivity index (χ1v) is 5.04. The monoisotopic (exact) mass is 195 g/mol. The van der Waals surface area contributed by atoms with E-state index < -0.39 is 0 Å². The third-order valence-corrected chi connectivity index (χ3v) is 2.20. The zero-order chi connectivity index (χ0) is 10.5. The minimum Gasteiger partial charge on any atom is -0.256 e. The van der Waals surface area contributed by atoms with Gasteiger partial charge in [-0.05, 0) is 24.6 Å². The number of nitrogens with zero attached hydrogens (tertiary/aromatic N) is 1. The number of aromatic nitrogens is 1. The predicted molar refractivity (Wildman–Crippen MR) is 65.6 cm³/mol. The third-order valence-electron chi connectivity index (χ3n) is 2.20. The van der Waals surface area contributed by atoms with Crippen LogP contribution in [0.1, 0.15) is 12.5 Å². The van der Waals surface area contributed by atoms with Crippen molar-refractivity contribution in [3.8, 4) is 0 Å². The molecule has 74 valence electrons. The van der Waals surface area contributed by atoms with Crippen molar-refractivity contribution >= 4 is 17.0 Å². The van der Waals surface area contributed by atoms with Crippen LogP contribution in [0.5, 0.6) is 0 Å². The summed E-state index contributed by atoms with van der Waals surface area (Å²) < 4.78 is 0. The molecule has 0 unspecified atom stereocenters. The van der Waals surface area contributed by atoms with E-state index in [9.17, 15) is 0 Å². The predicted octanol–water partition coefficient (Wildman–Crippen LogP) is 3.82. The molecule has 1 aromatic heterocycles. The molecule has 1 heterocycles. The van der Waals surface area contributed by atoms with Gasteiger partial charge in [-0.25, -0.2) is 0 Å². The number of hydrogen-bond donors (Lipinski definition) is 0. The number of pyridine rings is 1. The Hall–Kier alpha value is -1.89. The molecule has 15 heavy (non-hydrogen) atoms. The lowest BCUT2D eigenvalue weighted by molar-refractivity contribution is 1.40. The van der Waals surface area contributed by atoms with E-state index in [4.69, 9.17) is 0 Å². The molecule has 1 nitrogen and oxygen atoms in total. The number of rotatable bonds is 2. The molecule has 1 aromatic carbocycles. The van der Waals surface area contributed by atoms with Crippen molar-refractivity contribution in [2.45, 2.75) is 6.92 Å². The highest BCUT2D eigenvalue weighted by atomic mass is 14.6. The topological polar surface area (TPSA) is 12.9 Å². The second-order valence-corrected chi connectivity index (χ2v) is 3.35. The van der Waals surface area contributed by atoms with Crippen molar-refractivity contribution in [2.24, 2.45) is 0 Å². The molecule has 0 amide bonds. The maximum atomic E-state index is 4.38. The molecular formula is C14H13N. The molecule has 1 heteroatoms. The second kappa shape index (κ2) is 4.56. The fourth-order valence-electron chi connectivity index (χ4n) is 1.46. The van der Waals surface area contributed by atoms with E-state index >= 15 is 0 Å². The summed E-state index contributed by atoms with van der Waals surface area (Å²) in [5, 5.41) is 1.18. The SMILES string of the molecule is CC=CC=Cc1cnc2ccccc2c1. The molecule has 0 spiro atoms. The van der Waals surface area contributed by atoms with Crippen LogP contribution in [0.4, 0.5) is 0 Å². The van der Waals surface area contributed by atoms with Gasteiger partial charge in [0, 0.05) is 11.6 Å². The van der Waals surface area contributed by atoms with Gasteiger partial charge >= 0.3 is 0 Å². The maximum Gasteiger partial charge on any atom is 0.0702 e. The van der Waals surface area contributed by atoms with Crippen molar-refractivity contribution in [1.82, 2.24) is 4.98 Å². The molecule has 2 rings (SSSR count). The first-order chi connectivity index (χ1) is 7.40. The van der Waals surface area contributed by atoms with Crippen LogP contribution < -0.4 is 0 Å². The Bertz CT molecular complexity index is 509. The van der Waals surface area contributed by atoms with Gasteiger partial charge in [-0.3, -0.25) is 4.98 Å². The Morgan fingerprint density at radius 3 is 2.87 bits per heavy atom. The number of hydrogen-bond acceptors (Lipinski definition) is 1. The van der Waals surface area contributed by atoms with Crippen LogP contribution in [0.15, 0.2) is 54.8 Å². The summed E-state index contributed by atoms with van der Waals surface area (Å²) in [5.41, 5.74) is 2.17. The Kier molecular flexibility index (Phi) is 2.93. The quantitative estimate of drug-likeness (QED) is 0.664. The zero-order valence-electron chi connectivity index (χ0n) is 8.72. The fraction of sp³-hybridized carbons (Fsp3) is 0.0714. The van der Waals surface area contributed by atoms with E-state index in [0.29, 0.717) is 0 Å². The highest BCUT2D eigenvalue weighted by Crippen LogP contribution is 2.13. The summed E-state index contributed by atoms with van der Waals surface area (Å²) in [6.07, 6.45) is 9.98. The Balaban J connectivity index is 2.38. The van der Waals surface area contributed by atoms with Gasteiger partial charge in [0.25, 0.3) is 0 Å². The molecule has 0 radical (unpaired) electrons. The van der Waals surface area contributed by atoms with E-state index in [2.05, 4.69) is 23.2 Å². The van der Waals surface area contributed by atoms with Gasteiger partial charge in [0.05, 0.1) is 5.52 Å². The minimum absolute atomic E-state index is 1.04. The lowest BCUT2D eigenvalue weighted by Gasteiger charge is -1.97.